The van der Waals surface area contributed by atoms with Gasteiger partial charge in [-0.3, -0.25) is 4.79 Å². The molecule has 1 saturated carbocycles. The molecular formula is C23H23NO2. The van der Waals surface area contributed by atoms with Gasteiger partial charge in [-0.05, 0) is 36.1 Å². The molecule has 4 rings (SSSR count). The Kier molecular flexibility index (Phi) is 4.61. The summed E-state index contributed by atoms with van der Waals surface area (Å²) < 4.78 is 5.84. The number of carbonyl (C=O) groups excluding carboxylic acids is 1. The van der Waals surface area contributed by atoms with Gasteiger partial charge in [0.15, 0.2) is 5.78 Å². The van der Waals surface area contributed by atoms with Gasteiger partial charge in [0.25, 0.3) is 0 Å². The van der Waals surface area contributed by atoms with Crippen LogP contribution in [0.3, 0.4) is 0 Å². The average molecular weight is 345 g/mol. The Morgan fingerprint density at radius 2 is 1.69 bits per heavy atom. The molecule has 0 saturated heterocycles. The minimum absolute atomic E-state index is 0.0209. The van der Waals surface area contributed by atoms with Gasteiger partial charge in [-0.25, -0.2) is 0 Å². The maximum Gasteiger partial charge on any atom is 0.199 e. The molecule has 2 aromatic rings. The van der Waals surface area contributed by atoms with Gasteiger partial charge in [-0.15, -0.1) is 0 Å². The van der Waals surface area contributed by atoms with Crippen molar-refractivity contribution in [2.24, 2.45) is 0 Å². The molecule has 0 unspecified atom stereocenters. The predicted molar refractivity (Wildman–Crippen MR) is 104 cm³/mol. The second-order valence-corrected chi connectivity index (χ2v) is 6.96. The van der Waals surface area contributed by atoms with E-state index in [1.54, 1.807) is 0 Å². The number of hydrogen-bond acceptors (Lipinski definition) is 3. The first kappa shape index (κ1) is 16.6. The van der Waals surface area contributed by atoms with E-state index >= 15 is 0 Å². The highest BCUT2D eigenvalue weighted by atomic mass is 16.5. The van der Waals surface area contributed by atoms with Crippen molar-refractivity contribution in [2.45, 2.75) is 31.7 Å². The Hall–Kier alpha value is -2.81. The largest absolute Gasteiger partial charge is 0.488 e. The van der Waals surface area contributed by atoms with Crippen LogP contribution in [0.25, 0.3) is 5.70 Å². The number of ketones is 1. The predicted octanol–water partition coefficient (Wildman–Crippen LogP) is 4.76. The van der Waals surface area contributed by atoms with Crippen molar-refractivity contribution in [3.05, 3.63) is 83.4 Å². The molecule has 2 aliphatic rings. The van der Waals surface area contributed by atoms with Crippen molar-refractivity contribution < 1.29 is 9.53 Å². The van der Waals surface area contributed by atoms with Crippen LogP contribution in [0.1, 0.15) is 41.6 Å². The summed E-state index contributed by atoms with van der Waals surface area (Å²) in [4.78, 5) is 13.4. The Morgan fingerprint density at radius 1 is 1.00 bits per heavy atom. The first-order valence-corrected chi connectivity index (χ1v) is 9.25. The van der Waals surface area contributed by atoms with Gasteiger partial charge in [-0.2, -0.15) is 0 Å². The zero-order chi connectivity index (χ0) is 17.9. The van der Waals surface area contributed by atoms with Gasteiger partial charge in [0.05, 0.1) is 16.8 Å². The normalized spacial score (nSPS) is 19.5. The van der Waals surface area contributed by atoms with E-state index < -0.39 is 0 Å². The van der Waals surface area contributed by atoms with Crippen molar-refractivity contribution in [3.63, 3.8) is 0 Å². The van der Waals surface area contributed by atoms with E-state index in [2.05, 4.69) is 11.9 Å². The summed E-state index contributed by atoms with van der Waals surface area (Å²) in [5.41, 5.74) is 3.86. The van der Waals surface area contributed by atoms with Crippen LogP contribution in [0.4, 0.5) is 0 Å². The topological polar surface area (TPSA) is 38.3 Å². The lowest BCUT2D eigenvalue weighted by Crippen LogP contribution is -2.27. The van der Waals surface area contributed by atoms with Gasteiger partial charge >= 0.3 is 0 Å². The molecule has 1 fully saturated rings. The number of nitrogens with one attached hydrogen (secondary N) is 1. The fraction of sp³-hybridized carbons (Fsp3) is 0.261. The molecule has 3 heteroatoms. The minimum Gasteiger partial charge on any atom is -0.488 e. The molecular weight excluding hydrogens is 322 g/mol. The van der Waals surface area contributed by atoms with Gasteiger partial charge in [0, 0.05) is 6.04 Å². The molecule has 1 heterocycles. The van der Waals surface area contributed by atoms with Crippen molar-refractivity contribution in [2.75, 3.05) is 6.61 Å². The summed E-state index contributed by atoms with van der Waals surface area (Å²) >= 11 is 0. The number of fused-ring (bicyclic) bond motifs is 1. The van der Waals surface area contributed by atoms with Crippen molar-refractivity contribution >= 4 is 11.5 Å². The van der Waals surface area contributed by atoms with Gasteiger partial charge in [-0.1, -0.05) is 61.9 Å². The first-order chi connectivity index (χ1) is 12.7. The van der Waals surface area contributed by atoms with Crippen LogP contribution in [-0.4, -0.2) is 18.4 Å². The summed E-state index contributed by atoms with van der Waals surface area (Å²) in [5, 5.41) is 3.66. The van der Waals surface area contributed by atoms with E-state index in [1.807, 2.05) is 54.6 Å². The van der Waals surface area contributed by atoms with Crippen molar-refractivity contribution in [3.8, 4) is 5.75 Å². The number of Topliss-reactive ketones (excluding diaryl/α,β-unsaturated/α-hetero) is 1. The Labute approximate surface area is 154 Å². The Balaban J connectivity index is 1.86. The fourth-order valence-corrected chi connectivity index (χ4v) is 3.78. The van der Waals surface area contributed by atoms with E-state index in [4.69, 9.17) is 4.74 Å². The fourth-order valence-electron chi connectivity index (χ4n) is 3.78. The number of carbonyl (C=O) groups is 1. The van der Waals surface area contributed by atoms with E-state index in [-0.39, 0.29) is 5.78 Å². The first-order valence-electron chi connectivity index (χ1n) is 9.25. The monoisotopic (exact) mass is 345 g/mol. The summed E-state index contributed by atoms with van der Waals surface area (Å²) in [7, 11) is 0. The van der Waals surface area contributed by atoms with Gasteiger partial charge in [0.1, 0.15) is 12.4 Å². The second-order valence-electron chi connectivity index (χ2n) is 6.96. The van der Waals surface area contributed by atoms with Crippen LogP contribution in [0.2, 0.25) is 0 Å². The molecule has 26 heavy (non-hydrogen) atoms. The zero-order valence-corrected chi connectivity index (χ0v) is 14.8. The van der Waals surface area contributed by atoms with Gasteiger partial charge < -0.3 is 10.1 Å². The molecule has 3 nitrogen and oxygen atoms in total. The third-order valence-corrected chi connectivity index (χ3v) is 5.13. The van der Waals surface area contributed by atoms with E-state index in [1.165, 1.54) is 12.8 Å². The Bertz CT molecular complexity index is 861. The smallest absolute Gasteiger partial charge is 0.199 e. The zero-order valence-electron chi connectivity index (χ0n) is 14.8. The number of para-hydroxylation sites is 1. The average Bonchev–Trinajstić information content (AvgIpc) is 3.15. The molecule has 1 aliphatic carbocycles. The van der Waals surface area contributed by atoms with Gasteiger partial charge in [0.2, 0.25) is 0 Å². The Morgan fingerprint density at radius 3 is 2.46 bits per heavy atom. The minimum atomic E-state index is -0.0209. The van der Waals surface area contributed by atoms with Crippen LogP contribution in [0.15, 0.2) is 72.3 Å². The molecule has 1 N–H and O–H groups in total. The summed E-state index contributed by atoms with van der Waals surface area (Å²) in [6, 6.07) is 17.9. The molecule has 0 amide bonds. The third kappa shape index (κ3) is 3.17. The number of ether oxygens (including phenoxy) is 1. The highest BCUT2D eigenvalue weighted by molar-refractivity contribution is 6.17. The number of rotatable bonds is 3. The van der Waals surface area contributed by atoms with Crippen LogP contribution < -0.4 is 10.1 Å². The third-order valence-electron chi connectivity index (χ3n) is 5.13. The summed E-state index contributed by atoms with van der Waals surface area (Å²) in [6.45, 7) is 4.49. The van der Waals surface area contributed by atoms with E-state index in [0.717, 1.165) is 29.7 Å². The molecule has 1 aliphatic heterocycles. The molecule has 2 aromatic carbocycles. The standard InChI is InChI=1S/C23H23NO2/c1-16-15-26-20-14-8-7-13-19(20)23(25)21(16)22(17-9-3-2-4-10-17)24-18-11-5-6-12-18/h2-4,7-10,13-14,18,24H,1,5-6,11-12,15H2/b22-21-. The summed E-state index contributed by atoms with van der Waals surface area (Å²) in [5.74, 6) is 0.606. The number of hydrogen-bond donors (Lipinski definition) is 1. The van der Waals surface area contributed by atoms with Crippen LogP contribution in [-0.2, 0) is 0 Å². The van der Waals surface area contributed by atoms with Crippen LogP contribution in [0.5, 0.6) is 5.75 Å². The quantitative estimate of drug-likeness (QED) is 0.815. The summed E-state index contributed by atoms with van der Waals surface area (Å²) in [6.07, 6.45) is 4.74. The SMILES string of the molecule is C=C1COc2ccccc2C(=O)/C1=C(\NC1CCCC1)c1ccccc1. The van der Waals surface area contributed by atoms with Crippen LogP contribution >= 0.6 is 0 Å². The molecule has 0 atom stereocenters. The van der Waals surface area contributed by atoms with Crippen molar-refractivity contribution in [1.82, 2.24) is 5.32 Å². The molecule has 0 spiro atoms. The van der Waals surface area contributed by atoms with E-state index in [9.17, 15) is 4.79 Å². The molecule has 0 aromatic heterocycles. The van der Waals surface area contributed by atoms with Crippen LogP contribution in [0, 0.1) is 0 Å². The molecule has 0 radical (unpaired) electrons. The lowest BCUT2D eigenvalue weighted by molar-refractivity contribution is 0.103. The lowest BCUT2D eigenvalue weighted by atomic mass is 9.93. The number of benzene rings is 2. The molecule has 0 bridgehead atoms. The highest BCUT2D eigenvalue weighted by Gasteiger charge is 2.28. The highest BCUT2D eigenvalue weighted by Crippen LogP contribution is 2.33. The maximum atomic E-state index is 13.4. The maximum absolute atomic E-state index is 13.4. The second kappa shape index (κ2) is 7.20. The lowest BCUT2D eigenvalue weighted by Gasteiger charge is -2.21. The van der Waals surface area contributed by atoms with E-state index in [0.29, 0.717) is 29.5 Å². The molecule has 132 valence electrons. The van der Waals surface area contributed by atoms with Crippen molar-refractivity contribution in [1.29, 1.82) is 0 Å².